The summed E-state index contributed by atoms with van der Waals surface area (Å²) < 4.78 is 4.74. The van der Waals surface area contributed by atoms with Crippen molar-refractivity contribution in [3.8, 4) is 0 Å². The van der Waals surface area contributed by atoms with Crippen LogP contribution in [0.15, 0.2) is 30.5 Å². The van der Waals surface area contributed by atoms with Crippen LogP contribution >= 0.6 is 11.6 Å². The molecule has 2 rings (SSSR count). The highest BCUT2D eigenvalue weighted by molar-refractivity contribution is 6.31. The van der Waals surface area contributed by atoms with E-state index in [1.807, 2.05) is 13.0 Å². The van der Waals surface area contributed by atoms with Crippen molar-refractivity contribution >= 4 is 23.3 Å². The van der Waals surface area contributed by atoms with E-state index in [0.717, 1.165) is 5.69 Å². The molecule has 0 unspecified atom stereocenters. The third-order valence-corrected chi connectivity index (χ3v) is 2.92. The zero-order valence-corrected chi connectivity index (χ0v) is 11.9. The summed E-state index contributed by atoms with van der Waals surface area (Å²) in [7, 11) is 1.34. The molecule has 0 amide bonds. The van der Waals surface area contributed by atoms with E-state index in [-0.39, 0.29) is 0 Å². The zero-order chi connectivity index (χ0) is 14.5. The third-order valence-electron chi connectivity index (χ3n) is 2.68. The highest BCUT2D eigenvalue weighted by atomic mass is 35.5. The van der Waals surface area contributed by atoms with E-state index in [4.69, 9.17) is 16.3 Å². The lowest BCUT2D eigenvalue weighted by Gasteiger charge is -2.11. The maximum Gasteiger partial charge on any atom is 0.339 e. The van der Waals surface area contributed by atoms with Crippen molar-refractivity contribution < 1.29 is 9.53 Å². The van der Waals surface area contributed by atoms with Crippen LogP contribution in [0, 0.1) is 6.92 Å². The number of anilines is 1. The number of carbonyl (C=O) groups is 1. The van der Waals surface area contributed by atoms with Crippen LogP contribution in [0.5, 0.6) is 0 Å². The lowest BCUT2D eigenvalue weighted by atomic mass is 10.1. The van der Waals surface area contributed by atoms with Crippen molar-refractivity contribution in [2.45, 2.75) is 13.5 Å². The number of methoxy groups -OCH3 is 1. The molecule has 0 saturated carbocycles. The second kappa shape index (κ2) is 6.34. The van der Waals surface area contributed by atoms with Crippen LogP contribution in [0.1, 0.15) is 21.9 Å². The quantitative estimate of drug-likeness (QED) is 0.878. The zero-order valence-electron chi connectivity index (χ0n) is 11.2. The molecule has 0 atom stereocenters. The fourth-order valence-corrected chi connectivity index (χ4v) is 1.91. The van der Waals surface area contributed by atoms with E-state index < -0.39 is 5.97 Å². The Bertz CT molecular complexity index is 632. The molecule has 1 aromatic heterocycles. The van der Waals surface area contributed by atoms with Gasteiger partial charge in [0.05, 0.1) is 30.6 Å². The van der Waals surface area contributed by atoms with Gasteiger partial charge in [-0.25, -0.2) is 14.8 Å². The number of hydrogen-bond acceptors (Lipinski definition) is 5. The predicted molar refractivity (Wildman–Crippen MR) is 76.9 cm³/mol. The van der Waals surface area contributed by atoms with Gasteiger partial charge in [0.1, 0.15) is 5.82 Å². The molecule has 20 heavy (non-hydrogen) atoms. The molecule has 6 heteroatoms. The van der Waals surface area contributed by atoms with E-state index in [9.17, 15) is 4.79 Å². The summed E-state index contributed by atoms with van der Waals surface area (Å²) in [6, 6.07) is 6.76. The minimum absolute atomic E-state index is 0.414. The van der Waals surface area contributed by atoms with Crippen LogP contribution in [-0.2, 0) is 11.3 Å². The van der Waals surface area contributed by atoms with Crippen molar-refractivity contribution in [3.05, 3.63) is 52.6 Å². The summed E-state index contributed by atoms with van der Waals surface area (Å²) in [5.41, 5.74) is 1.87. The first-order valence-corrected chi connectivity index (χ1v) is 6.38. The molecule has 0 radical (unpaired) electrons. The summed E-state index contributed by atoms with van der Waals surface area (Å²) in [6.45, 7) is 2.29. The van der Waals surface area contributed by atoms with Gasteiger partial charge in [-0.2, -0.15) is 0 Å². The van der Waals surface area contributed by atoms with E-state index in [2.05, 4.69) is 15.3 Å². The SMILES string of the molecule is COC(=O)c1ccc(Cl)cc1NCc1ccnc(C)n1. The van der Waals surface area contributed by atoms with Gasteiger partial charge in [0.15, 0.2) is 0 Å². The van der Waals surface area contributed by atoms with Gasteiger partial charge >= 0.3 is 5.97 Å². The average molecular weight is 292 g/mol. The first-order chi connectivity index (χ1) is 9.60. The number of nitrogens with one attached hydrogen (secondary N) is 1. The largest absolute Gasteiger partial charge is 0.465 e. The molecule has 0 fully saturated rings. The van der Waals surface area contributed by atoms with Crippen LogP contribution in [0.25, 0.3) is 0 Å². The molecule has 1 N–H and O–H groups in total. The molecule has 0 aliphatic carbocycles. The summed E-state index contributed by atoms with van der Waals surface area (Å²) in [6.07, 6.45) is 1.69. The summed E-state index contributed by atoms with van der Waals surface area (Å²) in [5, 5.41) is 3.68. The molecule has 2 aromatic rings. The number of halogens is 1. The Balaban J connectivity index is 2.20. The smallest absolute Gasteiger partial charge is 0.339 e. The number of esters is 1. The fraction of sp³-hybridized carbons (Fsp3) is 0.214. The van der Waals surface area contributed by atoms with Gasteiger partial charge in [0.2, 0.25) is 0 Å². The molecule has 0 spiro atoms. The Morgan fingerprint density at radius 1 is 1.40 bits per heavy atom. The molecule has 0 bridgehead atoms. The van der Waals surface area contributed by atoms with Gasteiger partial charge in [-0.05, 0) is 31.2 Å². The second-order valence-electron chi connectivity index (χ2n) is 4.13. The van der Waals surface area contributed by atoms with E-state index in [1.165, 1.54) is 7.11 Å². The highest BCUT2D eigenvalue weighted by Crippen LogP contribution is 2.22. The van der Waals surface area contributed by atoms with Crippen molar-refractivity contribution in [2.24, 2.45) is 0 Å². The van der Waals surface area contributed by atoms with Crippen LogP contribution in [-0.4, -0.2) is 23.0 Å². The second-order valence-corrected chi connectivity index (χ2v) is 4.57. The molecule has 104 valence electrons. The van der Waals surface area contributed by atoms with Crippen molar-refractivity contribution in [2.75, 3.05) is 12.4 Å². The van der Waals surface area contributed by atoms with Crippen molar-refractivity contribution in [3.63, 3.8) is 0 Å². The lowest BCUT2D eigenvalue weighted by molar-refractivity contribution is 0.0602. The Kier molecular flexibility index (Phi) is 4.53. The number of ether oxygens (including phenoxy) is 1. The molecule has 1 aromatic carbocycles. The Labute approximate surface area is 122 Å². The topological polar surface area (TPSA) is 64.1 Å². The Hall–Kier alpha value is -2.14. The Morgan fingerprint density at radius 3 is 2.90 bits per heavy atom. The number of aryl methyl sites for hydroxylation is 1. The van der Waals surface area contributed by atoms with E-state index in [0.29, 0.717) is 28.6 Å². The maximum absolute atomic E-state index is 11.7. The first kappa shape index (κ1) is 14.3. The van der Waals surface area contributed by atoms with Gasteiger partial charge in [-0.3, -0.25) is 0 Å². The number of carbonyl (C=O) groups excluding carboxylic acids is 1. The molecule has 5 nitrogen and oxygen atoms in total. The van der Waals surface area contributed by atoms with Gasteiger partial charge in [-0.15, -0.1) is 0 Å². The minimum Gasteiger partial charge on any atom is -0.465 e. The van der Waals surface area contributed by atoms with Gasteiger partial charge in [0.25, 0.3) is 0 Å². The third kappa shape index (κ3) is 3.45. The minimum atomic E-state index is -0.414. The molecule has 1 heterocycles. The number of rotatable bonds is 4. The van der Waals surface area contributed by atoms with E-state index in [1.54, 1.807) is 24.4 Å². The van der Waals surface area contributed by atoms with Gasteiger partial charge in [0, 0.05) is 11.2 Å². The Morgan fingerprint density at radius 2 is 2.20 bits per heavy atom. The molecule has 0 saturated heterocycles. The van der Waals surface area contributed by atoms with E-state index >= 15 is 0 Å². The normalized spacial score (nSPS) is 10.2. The molecule has 0 aliphatic heterocycles. The fourth-order valence-electron chi connectivity index (χ4n) is 1.74. The summed E-state index contributed by atoms with van der Waals surface area (Å²) in [5.74, 6) is 0.284. The summed E-state index contributed by atoms with van der Waals surface area (Å²) in [4.78, 5) is 20.0. The monoisotopic (exact) mass is 291 g/mol. The lowest BCUT2D eigenvalue weighted by Crippen LogP contribution is -2.09. The number of nitrogens with zero attached hydrogens (tertiary/aromatic N) is 2. The summed E-state index contributed by atoms with van der Waals surface area (Å²) >= 11 is 5.95. The standard InChI is InChI=1S/C14H14ClN3O2/c1-9-16-6-5-11(18-9)8-17-13-7-10(15)3-4-12(13)14(19)20-2/h3-7,17H,8H2,1-2H3. The van der Waals surface area contributed by atoms with Gasteiger partial charge in [-0.1, -0.05) is 11.6 Å². The number of benzene rings is 1. The number of aromatic nitrogens is 2. The van der Waals surface area contributed by atoms with Gasteiger partial charge < -0.3 is 10.1 Å². The van der Waals surface area contributed by atoms with Crippen LogP contribution in [0.3, 0.4) is 0 Å². The van der Waals surface area contributed by atoms with Crippen molar-refractivity contribution in [1.82, 2.24) is 9.97 Å². The first-order valence-electron chi connectivity index (χ1n) is 6.00. The average Bonchev–Trinajstić information content (AvgIpc) is 2.44. The van der Waals surface area contributed by atoms with Crippen molar-refractivity contribution in [1.29, 1.82) is 0 Å². The van der Waals surface area contributed by atoms with Crippen LogP contribution in [0.4, 0.5) is 5.69 Å². The molecular weight excluding hydrogens is 278 g/mol. The molecular formula is C14H14ClN3O2. The maximum atomic E-state index is 11.7. The van der Waals surface area contributed by atoms with Crippen LogP contribution in [0.2, 0.25) is 5.02 Å². The highest BCUT2D eigenvalue weighted by Gasteiger charge is 2.12. The van der Waals surface area contributed by atoms with Crippen LogP contribution < -0.4 is 5.32 Å². The predicted octanol–water partition coefficient (Wildman–Crippen LogP) is 2.84. The molecule has 0 aliphatic rings. The number of hydrogen-bond donors (Lipinski definition) is 1.